The number of esters is 1. The summed E-state index contributed by atoms with van der Waals surface area (Å²) >= 11 is 7.55. The summed E-state index contributed by atoms with van der Waals surface area (Å²) in [6.07, 6.45) is 3.96. The van der Waals surface area contributed by atoms with Crippen molar-refractivity contribution in [3.63, 3.8) is 0 Å². The normalized spacial score (nSPS) is 28.8. The second kappa shape index (κ2) is 5.68. The maximum atomic E-state index is 11.9. The van der Waals surface area contributed by atoms with E-state index in [1.165, 1.54) is 11.8 Å². The van der Waals surface area contributed by atoms with Crippen LogP contribution in [0.4, 0.5) is 0 Å². The van der Waals surface area contributed by atoms with Crippen molar-refractivity contribution >= 4 is 40.7 Å². The van der Waals surface area contributed by atoms with Crippen LogP contribution >= 0.6 is 23.4 Å². The molecule has 1 aliphatic rings. The van der Waals surface area contributed by atoms with Gasteiger partial charge in [-0.25, -0.2) is 4.99 Å². The van der Waals surface area contributed by atoms with Gasteiger partial charge in [0.1, 0.15) is 5.17 Å². The summed E-state index contributed by atoms with van der Waals surface area (Å²) in [4.78, 5) is 20.2. The molecule has 0 radical (unpaired) electrons. The molecule has 4 nitrogen and oxygen atoms in total. The smallest absolute Gasteiger partial charge is 0.324 e. The maximum absolute atomic E-state index is 11.9. The summed E-state index contributed by atoms with van der Waals surface area (Å²) in [7, 11) is 0. The van der Waals surface area contributed by atoms with Crippen LogP contribution in [0, 0.1) is 5.41 Å². The van der Waals surface area contributed by atoms with Crippen molar-refractivity contribution < 1.29 is 9.53 Å². The number of thioether (sulfide) groups is 1. The van der Waals surface area contributed by atoms with Gasteiger partial charge in [0.05, 0.1) is 6.61 Å². The van der Waals surface area contributed by atoms with E-state index in [0.717, 1.165) is 0 Å². The fourth-order valence-electron chi connectivity index (χ4n) is 1.38. The number of hydrogen-bond acceptors (Lipinski definition) is 5. The van der Waals surface area contributed by atoms with Gasteiger partial charge in [0.25, 0.3) is 0 Å². The molecule has 2 unspecified atom stereocenters. The molecule has 0 aromatic heterocycles. The molecule has 90 valence electrons. The lowest BCUT2D eigenvalue weighted by Gasteiger charge is -2.28. The maximum Gasteiger partial charge on any atom is 0.324 e. The number of ether oxygens (including phenoxy) is 1. The molecule has 16 heavy (non-hydrogen) atoms. The minimum atomic E-state index is -0.982. The van der Waals surface area contributed by atoms with Crippen LogP contribution in [0.2, 0.25) is 0 Å². The van der Waals surface area contributed by atoms with Crippen LogP contribution in [0.3, 0.4) is 0 Å². The van der Waals surface area contributed by atoms with Crippen molar-refractivity contribution in [2.75, 3.05) is 12.9 Å². The van der Waals surface area contributed by atoms with Crippen molar-refractivity contribution in [3.8, 4) is 0 Å². The number of halogens is 1. The lowest BCUT2D eigenvalue weighted by Crippen LogP contribution is -2.42. The molecule has 0 saturated heterocycles. The van der Waals surface area contributed by atoms with Crippen LogP contribution in [-0.4, -0.2) is 35.7 Å². The number of nitrogens with zero attached hydrogens (tertiary/aromatic N) is 2. The number of aliphatic imine (C=N–C) groups is 2. The lowest BCUT2D eigenvalue weighted by molar-refractivity contribution is -0.147. The highest BCUT2D eigenvalue weighted by Gasteiger charge is 2.43. The van der Waals surface area contributed by atoms with Crippen molar-refractivity contribution in [2.45, 2.75) is 25.8 Å². The molecule has 1 rings (SSSR count). The lowest BCUT2D eigenvalue weighted by atomic mass is 9.87. The molecule has 1 aliphatic heterocycles. The van der Waals surface area contributed by atoms with Gasteiger partial charge in [-0.1, -0.05) is 18.5 Å². The Kier molecular flexibility index (Phi) is 4.80. The first kappa shape index (κ1) is 13.5. The molecule has 0 amide bonds. The molecule has 0 fully saturated rings. The van der Waals surface area contributed by atoms with Crippen LogP contribution < -0.4 is 0 Å². The van der Waals surface area contributed by atoms with Crippen LogP contribution in [0.25, 0.3) is 0 Å². The van der Waals surface area contributed by atoms with Crippen LogP contribution in [0.1, 0.15) is 20.3 Å². The Hall–Kier alpha value is -0.550. The molecule has 2 atom stereocenters. The molecule has 0 saturated carbocycles. The van der Waals surface area contributed by atoms with Gasteiger partial charge >= 0.3 is 5.97 Å². The molecule has 0 bridgehead atoms. The molecule has 0 aromatic rings. The van der Waals surface area contributed by atoms with E-state index in [2.05, 4.69) is 9.98 Å². The zero-order chi connectivity index (χ0) is 12.2. The fraction of sp³-hybridized carbons (Fsp3) is 0.700. The minimum absolute atomic E-state index is 0.249. The Morgan fingerprint density at radius 2 is 2.38 bits per heavy atom. The van der Waals surface area contributed by atoms with Gasteiger partial charge in [0.2, 0.25) is 0 Å². The Balaban J connectivity index is 2.98. The Morgan fingerprint density at radius 3 is 2.81 bits per heavy atom. The van der Waals surface area contributed by atoms with E-state index < -0.39 is 5.41 Å². The fourth-order valence-corrected chi connectivity index (χ4v) is 2.18. The minimum Gasteiger partial charge on any atom is -0.465 e. The average molecular weight is 263 g/mol. The number of carbonyl (C=O) groups is 1. The monoisotopic (exact) mass is 262 g/mol. The summed E-state index contributed by atoms with van der Waals surface area (Å²) in [6.45, 7) is 3.95. The van der Waals surface area contributed by atoms with Crippen LogP contribution in [0.5, 0.6) is 0 Å². The zero-order valence-corrected chi connectivity index (χ0v) is 11.1. The van der Waals surface area contributed by atoms with Gasteiger partial charge in [-0.2, -0.15) is 0 Å². The van der Waals surface area contributed by atoms with Crippen molar-refractivity contribution in [1.29, 1.82) is 0 Å². The molecular formula is C10H15ClN2O2S. The highest BCUT2D eigenvalue weighted by molar-refractivity contribution is 7.99. The van der Waals surface area contributed by atoms with Crippen molar-refractivity contribution in [2.24, 2.45) is 15.4 Å². The van der Waals surface area contributed by atoms with Gasteiger partial charge in [0.15, 0.2) is 10.9 Å². The number of hydrogen-bond donors (Lipinski definition) is 0. The number of rotatable bonds is 4. The summed E-state index contributed by atoms with van der Waals surface area (Å²) in [5.41, 5.74) is -1.23. The third-order valence-electron chi connectivity index (χ3n) is 2.42. The quantitative estimate of drug-likeness (QED) is 0.731. The zero-order valence-electron chi connectivity index (χ0n) is 9.57. The van der Waals surface area contributed by atoms with Gasteiger partial charge < -0.3 is 4.74 Å². The highest BCUT2D eigenvalue weighted by atomic mass is 35.5. The Morgan fingerprint density at radius 1 is 1.69 bits per heavy atom. The van der Waals surface area contributed by atoms with E-state index in [-0.39, 0.29) is 16.6 Å². The van der Waals surface area contributed by atoms with Crippen molar-refractivity contribution in [3.05, 3.63) is 0 Å². The largest absolute Gasteiger partial charge is 0.465 e. The van der Waals surface area contributed by atoms with Gasteiger partial charge in [0, 0.05) is 6.21 Å². The third-order valence-corrected chi connectivity index (χ3v) is 3.51. The second-order valence-corrected chi connectivity index (χ2v) is 4.56. The molecular weight excluding hydrogens is 248 g/mol. The van der Waals surface area contributed by atoms with E-state index in [1.54, 1.807) is 13.1 Å². The highest BCUT2D eigenvalue weighted by Crippen LogP contribution is 2.31. The van der Waals surface area contributed by atoms with Gasteiger partial charge in [-0.3, -0.25) is 9.79 Å². The molecule has 0 spiro atoms. The van der Waals surface area contributed by atoms with Crippen LogP contribution in [-0.2, 0) is 9.53 Å². The first-order chi connectivity index (χ1) is 7.60. The average Bonchev–Trinajstić information content (AvgIpc) is 2.29. The summed E-state index contributed by atoms with van der Waals surface area (Å²) in [6, 6.07) is 0. The second-order valence-electron chi connectivity index (χ2n) is 3.31. The molecule has 1 heterocycles. The van der Waals surface area contributed by atoms with E-state index in [1.807, 2.05) is 13.2 Å². The van der Waals surface area contributed by atoms with E-state index in [4.69, 9.17) is 16.3 Å². The first-order valence-electron chi connectivity index (χ1n) is 5.08. The molecule has 0 aromatic carbocycles. The summed E-state index contributed by atoms with van der Waals surface area (Å²) < 4.78 is 5.01. The Bertz CT molecular complexity index is 333. The van der Waals surface area contributed by atoms with Crippen molar-refractivity contribution in [1.82, 2.24) is 0 Å². The van der Waals surface area contributed by atoms with E-state index >= 15 is 0 Å². The summed E-state index contributed by atoms with van der Waals surface area (Å²) in [5.74, 6) is -0.380. The van der Waals surface area contributed by atoms with E-state index in [0.29, 0.717) is 13.0 Å². The SMILES string of the molecule is CCOC(=O)C1(CC)C=NC(SC)N=C1Cl. The van der Waals surface area contributed by atoms with E-state index in [9.17, 15) is 4.79 Å². The van der Waals surface area contributed by atoms with Gasteiger partial charge in [-0.15, -0.1) is 11.8 Å². The predicted molar refractivity (Wildman–Crippen MR) is 68.4 cm³/mol. The third kappa shape index (κ3) is 2.40. The summed E-state index contributed by atoms with van der Waals surface area (Å²) in [5, 5.41) is 0.266. The standard InChI is InChI=1S/C10H15ClN2O2S/c1-4-10(8(14)15-5-2)6-12-9(16-3)13-7(10)11/h6,9H,4-5H2,1-3H3. The molecule has 6 heteroatoms. The Labute approximate surface area is 105 Å². The van der Waals surface area contributed by atoms with Crippen LogP contribution in [0.15, 0.2) is 9.98 Å². The predicted octanol–water partition coefficient (Wildman–Crippen LogP) is 2.31. The molecule has 0 N–H and O–H groups in total. The first-order valence-corrected chi connectivity index (χ1v) is 6.75. The topological polar surface area (TPSA) is 51.0 Å². The number of carbonyl (C=O) groups excluding carboxylic acids is 1. The van der Waals surface area contributed by atoms with Gasteiger partial charge in [-0.05, 0) is 19.6 Å². The molecule has 0 aliphatic carbocycles.